The van der Waals surface area contributed by atoms with E-state index in [1.54, 1.807) is 18.3 Å². The summed E-state index contributed by atoms with van der Waals surface area (Å²) < 4.78 is 14.7. The Morgan fingerprint density at radius 3 is 2.67 bits per heavy atom. The molecule has 18 heavy (non-hydrogen) atoms. The molecule has 0 amide bonds. The summed E-state index contributed by atoms with van der Waals surface area (Å²) in [6, 6.07) is 6.58. The van der Waals surface area contributed by atoms with E-state index in [0.717, 1.165) is 31.6 Å². The van der Waals surface area contributed by atoms with Crippen LogP contribution in [-0.4, -0.2) is 16.1 Å². The molecule has 3 nitrogen and oxygen atoms in total. The van der Waals surface area contributed by atoms with Gasteiger partial charge in [0.05, 0.1) is 6.33 Å². The highest BCUT2D eigenvalue weighted by atomic mass is 35.5. The molecule has 5 heteroatoms. The number of benzene rings is 1. The van der Waals surface area contributed by atoms with Crippen LogP contribution < -0.4 is 17.7 Å². The summed E-state index contributed by atoms with van der Waals surface area (Å²) >= 11 is 0. The van der Waals surface area contributed by atoms with Crippen molar-refractivity contribution in [1.29, 1.82) is 0 Å². The molecule has 2 aromatic rings. The number of aryl methyl sites for hydroxylation is 1. The average molecular weight is 269 g/mol. The number of rotatable bonds is 6. The largest absolute Gasteiger partial charge is 1.00 e. The van der Waals surface area contributed by atoms with Gasteiger partial charge in [-0.25, -0.2) is 9.37 Å². The molecule has 2 rings (SSSR count). The van der Waals surface area contributed by atoms with E-state index in [4.69, 9.17) is 0 Å². The van der Waals surface area contributed by atoms with E-state index in [2.05, 4.69) is 14.9 Å². The number of halogens is 2. The molecule has 0 bridgehead atoms. The Hall–Kier alpha value is -1.39. The second kappa shape index (κ2) is 7.84. The van der Waals surface area contributed by atoms with Crippen molar-refractivity contribution >= 4 is 0 Å². The number of aromatic nitrogens is 2. The van der Waals surface area contributed by atoms with Crippen molar-refractivity contribution in [2.24, 2.45) is 0 Å². The molecule has 0 radical (unpaired) electrons. The summed E-state index contributed by atoms with van der Waals surface area (Å²) in [4.78, 5) is 3.98. The van der Waals surface area contributed by atoms with E-state index >= 15 is 0 Å². The molecule has 0 fully saturated rings. The minimum Gasteiger partial charge on any atom is -1.00 e. The van der Waals surface area contributed by atoms with Crippen LogP contribution >= 0.6 is 0 Å². The van der Waals surface area contributed by atoms with Gasteiger partial charge in [0.15, 0.2) is 0 Å². The number of nitrogens with zero attached hydrogens (tertiary/aromatic N) is 2. The van der Waals surface area contributed by atoms with E-state index in [-0.39, 0.29) is 18.2 Å². The first-order valence-corrected chi connectivity index (χ1v) is 5.75. The van der Waals surface area contributed by atoms with Gasteiger partial charge in [0.1, 0.15) is 5.82 Å². The van der Waals surface area contributed by atoms with E-state index in [1.807, 2.05) is 12.5 Å². The highest BCUT2D eigenvalue weighted by Gasteiger charge is 1.94. The Labute approximate surface area is 112 Å². The Morgan fingerprint density at radius 2 is 2.00 bits per heavy atom. The van der Waals surface area contributed by atoms with Gasteiger partial charge in [0.2, 0.25) is 0 Å². The van der Waals surface area contributed by atoms with Gasteiger partial charge in [-0.1, -0.05) is 12.1 Å². The first kappa shape index (κ1) is 14.7. The van der Waals surface area contributed by atoms with Crippen molar-refractivity contribution in [3.63, 3.8) is 0 Å². The summed E-state index contributed by atoms with van der Waals surface area (Å²) in [5, 5.41) is 3.33. The highest BCUT2D eigenvalue weighted by Crippen LogP contribution is 2.01. The predicted octanol–water partition coefficient (Wildman–Crippen LogP) is -0.794. The minimum absolute atomic E-state index is 0. The Balaban J connectivity index is 0.00000162. The van der Waals surface area contributed by atoms with Crippen LogP contribution in [0.4, 0.5) is 4.39 Å². The van der Waals surface area contributed by atoms with Crippen LogP contribution in [0.5, 0.6) is 0 Å². The van der Waals surface area contributed by atoms with Crippen molar-refractivity contribution < 1.29 is 16.8 Å². The molecular weight excluding hydrogens is 253 g/mol. The second-order valence-corrected chi connectivity index (χ2v) is 3.96. The quantitative estimate of drug-likeness (QED) is 0.696. The zero-order valence-electron chi connectivity index (χ0n) is 10.0. The lowest BCUT2D eigenvalue weighted by Gasteiger charge is -2.05. The van der Waals surface area contributed by atoms with Crippen LogP contribution in [0.3, 0.4) is 0 Å². The monoisotopic (exact) mass is 268 g/mol. The van der Waals surface area contributed by atoms with E-state index in [0.29, 0.717) is 0 Å². The molecule has 0 saturated carbocycles. The lowest BCUT2D eigenvalue weighted by atomic mass is 10.2. The molecule has 1 aromatic heterocycles. The zero-order chi connectivity index (χ0) is 11.9. The molecule has 0 saturated heterocycles. The number of imidazole rings is 1. The first-order chi connectivity index (χ1) is 8.34. The van der Waals surface area contributed by atoms with Crippen LogP contribution in [0.1, 0.15) is 12.0 Å². The lowest BCUT2D eigenvalue weighted by molar-refractivity contribution is -0.00000420. The lowest BCUT2D eigenvalue weighted by Crippen LogP contribution is -3.00. The van der Waals surface area contributed by atoms with E-state index in [9.17, 15) is 4.39 Å². The maximum absolute atomic E-state index is 12.7. The fourth-order valence-electron chi connectivity index (χ4n) is 1.64. The van der Waals surface area contributed by atoms with Crippen LogP contribution in [0.2, 0.25) is 0 Å². The van der Waals surface area contributed by atoms with Crippen LogP contribution in [0, 0.1) is 5.82 Å². The SMILES string of the molecule is Fc1ccc(CNCCCn2ccnc2)cc1.[Cl-]. The Morgan fingerprint density at radius 1 is 1.22 bits per heavy atom. The summed E-state index contributed by atoms with van der Waals surface area (Å²) in [5.41, 5.74) is 1.11. The third kappa shape index (κ3) is 4.85. The fourth-order valence-corrected chi connectivity index (χ4v) is 1.64. The van der Waals surface area contributed by atoms with E-state index in [1.165, 1.54) is 12.1 Å². The van der Waals surface area contributed by atoms with Gasteiger partial charge >= 0.3 is 0 Å². The zero-order valence-corrected chi connectivity index (χ0v) is 10.8. The van der Waals surface area contributed by atoms with Crippen molar-refractivity contribution in [1.82, 2.24) is 14.9 Å². The van der Waals surface area contributed by atoms with Gasteiger partial charge in [-0.3, -0.25) is 0 Å². The molecule has 0 aliphatic carbocycles. The standard InChI is InChI=1S/C13H16FN3.ClH/c14-13-4-2-12(3-5-13)10-15-6-1-8-17-9-7-16-11-17;/h2-5,7,9,11,15H,1,6,8,10H2;1H/p-1. The average Bonchev–Trinajstić information content (AvgIpc) is 2.84. The molecule has 0 spiro atoms. The van der Waals surface area contributed by atoms with Crippen LogP contribution in [-0.2, 0) is 13.1 Å². The van der Waals surface area contributed by atoms with Gasteiger partial charge < -0.3 is 22.3 Å². The van der Waals surface area contributed by atoms with Crippen molar-refractivity contribution in [3.8, 4) is 0 Å². The molecule has 0 unspecified atom stereocenters. The summed E-state index contributed by atoms with van der Waals surface area (Å²) in [7, 11) is 0. The van der Waals surface area contributed by atoms with Gasteiger partial charge in [-0.15, -0.1) is 0 Å². The topological polar surface area (TPSA) is 29.9 Å². The first-order valence-electron chi connectivity index (χ1n) is 5.75. The fraction of sp³-hybridized carbons (Fsp3) is 0.308. The van der Waals surface area contributed by atoms with Gasteiger partial charge in [-0.05, 0) is 30.7 Å². The Kier molecular flexibility index (Phi) is 6.39. The molecule has 0 atom stereocenters. The molecule has 1 N–H and O–H groups in total. The van der Waals surface area contributed by atoms with Gasteiger partial charge in [-0.2, -0.15) is 0 Å². The highest BCUT2D eigenvalue weighted by molar-refractivity contribution is 5.15. The third-order valence-electron chi connectivity index (χ3n) is 2.57. The normalized spacial score (nSPS) is 10.1. The Bertz CT molecular complexity index is 428. The van der Waals surface area contributed by atoms with Crippen molar-refractivity contribution in [3.05, 3.63) is 54.4 Å². The summed E-state index contributed by atoms with van der Waals surface area (Å²) in [5.74, 6) is -0.186. The molecule has 0 aliphatic rings. The summed E-state index contributed by atoms with van der Waals surface area (Å²) in [6.07, 6.45) is 6.61. The molecule has 1 heterocycles. The maximum atomic E-state index is 12.7. The maximum Gasteiger partial charge on any atom is 0.123 e. The number of hydrogen-bond acceptors (Lipinski definition) is 2. The molecular formula is C13H16ClFN3-. The van der Waals surface area contributed by atoms with Gasteiger partial charge in [0.25, 0.3) is 0 Å². The number of hydrogen-bond donors (Lipinski definition) is 1. The van der Waals surface area contributed by atoms with E-state index < -0.39 is 0 Å². The number of nitrogens with one attached hydrogen (secondary N) is 1. The molecule has 0 aliphatic heterocycles. The summed E-state index contributed by atoms with van der Waals surface area (Å²) in [6.45, 7) is 2.69. The van der Waals surface area contributed by atoms with Crippen LogP contribution in [0.15, 0.2) is 43.0 Å². The van der Waals surface area contributed by atoms with Gasteiger partial charge in [0, 0.05) is 25.5 Å². The van der Waals surface area contributed by atoms with Crippen molar-refractivity contribution in [2.45, 2.75) is 19.5 Å². The second-order valence-electron chi connectivity index (χ2n) is 3.96. The predicted molar refractivity (Wildman–Crippen MR) is 65.0 cm³/mol. The third-order valence-corrected chi connectivity index (χ3v) is 2.57. The molecule has 98 valence electrons. The smallest absolute Gasteiger partial charge is 0.123 e. The van der Waals surface area contributed by atoms with Crippen molar-refractivity contribution in [2.75, 3.05) is 6.54 Å². The van der Waals surface area contributed by atoms with Crippen LogP contribution in [0.25, 0.3) is 0 Å². The molecule has 1 aromatic carbocycles. The minimum atomic E-state index is -0.186.